The Morgan fingerprint density at radius 3 is 2.68 bits per heavy atom. The Hall–Kier alpha value is -2.67. The Labute approximate surface area is 175 Å². The van der Waals surface area contributed by atoms with E-state index in [1.54, 1.807) is 25.2 Å². The maximum Gasteiger partial charge on any atom is 0.231 e. The molecule has 2 N–H and O–H groups in total. The molecule has 8 heteroatoms. The van der Waals surface area contributed by atoms with E-state index in [-0.39, 0.29) is 5.88 Å². The molecule has 3 aromatic rings. The third kappa shape index (κ3) is 3.80. The van der Waals surface area contributed by atoms with Gasteiger partial charge in [0.05, 0.1) is 26.0 Å². The van der Waals surface area contributed by atoms with Crippen molar-refractivity contribution in [1.82, 2.24) is 4.98 Å². The zero-order chi connectivity index (χ0) is 19.7. The minimum Gasteiger partial charge on any atom is -0.492 e. The van der Waals surface area contributed by atoms with Crippen LogP contribution in [-0.2, 0) is 0 Å². The number of rotatable bonds is 3. The summed E-state index contributed by atoms with van der Waals surface area (Å²) in [5.74, 6) is 0.632. The highest BCUT2D eigenvalue weighted by Crippen LogP contribution is 2.36. The lowest BCUT2D eigenvalue weighted by atomic mass is 10.1. The second-order valence-corrected chi connectivity index (χ2v) is 7.76. The highest BCUT2D eigenvalue weighted by Gasteiger charge is 2.12. The van der Waals surface area contributed by atoms with Gasteiger partial charge in [0.2, 0.25) is 5.88 Å². The second kappa shape index (κ2) is 7.75. The van der Waals surface area contributed by atoms with Gasteiger partial charge in [-0.15, -0.1) is 0 Å². The molecule has 28 heavy (non-hydrogen) atoms. The fourth-order valence-electron chi connectivity index (χ4n) is 2.69. The van der Waals surface area contributed by atoms with Crippen molar-refractivity contribution >= 4 is 63.3 Å². The van der Waals surface area contributed by atoms with Gasteiger partial charge in [-0.1, -0.05) is 46.7 Å². The fraction of sp³-hybridized carbons (Fsp3) is 0.0500. The van der Waals surface area contributed by atoms with Crippen molar-refractivity contribution < 1.29 is 5.11 Å². The molecule has 1 aliphatic heterocycles. The lowest BCUT2D eigenvalue weighted by Crippen LogP contribution is -2.17. The van der Waals surface area contributed by atoms with E-state index >= 15 is 0 Å². The Morgan fingerprint density at radius 1 is 1.14 bits per heavy atom. The first-order chi connectivity index (χ1) is 13.5. The minimum absolute atomic E-state index is 0.0611. The molecule has 1 aromatic heterocycles. The number of hydrogen-bond acceptors (Lipinski definition) is 5. The first kappa shape index (κ1) is 18.7. The average molecular weight is 429 g/mol. The van der Waals surface area contributed by atoms with Gasteiger partial charge in [-0.25, -0.2) is 4.99 Å². The third-order valence-electron chi connectivity index (χ3n) is 4.05. The minimum atomic E-state index is -0.0611. The van der Waals surface area contributed by atoms with Crippen molar-refractivity contribution in [3.05, 3.63) is 73.5 Å². The maximum absolute atomic E-state index is 10.2. The number of aromatic nitrogens is 1. The van der Waals surface area contributed by atoms with Crippen molar-refractivity contribution in [3.63, 3.8) is 0 Å². The highest BCUT2D eigenvalue weighted by molar-refractivity contribution is 7.16. The first-order valence-electron chi connectivity index (χ1n) is 8.30. The van der Waals surface area contributed by atoms with Crippen LogP contribution >= 0.6 is 34.5 Å². The summed E-state index contributed by atoms with van der Waals surface area (Å²) < 4.78 is 0. The molecule has 0 aliphatic carbocycles. The van der Waals surface area contributed by atoms with Crippen molar-refractivity contribution in [2.45, 2.75) is 0 Å². The number of aromatic hydroxyl groups is 1. The Bertz CT molecular complexity index is 1230. The number of nitrogens with zero attached hydrogens (tertiary/aromatic N) is 3. The van der Waals surface area contributed by atoms with Crippen LogP contribution in [0.4, 0.5) is 10.8 Å². The number of nitrogens with one attached hydrogen (secondary N) is 1. The summed E-state index contributed by atoms with van der Waals surface area (Å²) in [6.45, 7) is 0. The topological polar surface area (TPSA) is 69.9 Å². The summed E-state index contributed by atoms with van der Waals surface area (Å²) in [4.78, 5) is 13.3. The summed E-state index contributed by atoms with van der Waals surface area (Å²) in [6, 6.07) is 11.1. The molecule has 5 nitrogen and oxygen atoms in total. The molecule has 0 radical (unpaired) electrons. The molecular formula is C20H14Cl2N4OS. The molecule has 0 unspecified atom stereocenters. The Morgan fingerprint density at radius 2 is 1.93 bits per heavy atom. The Kier molecular flexibility index (Phi) is 5.17. The lowest BCUT2D eigenvalue weighted by molar-refractivity contribution is 0.457. The monoisotopic (exact) mass is 428 g/mol. The van der Waals surface area contributed by atoms with E-state index in [0.29, 0.717) is 31.6 Å². The molecule has 2 heterocycles. The van der Waals surface area contributed by atoms with Gasteiger partial charge in [0, 0.05) is 12.6 Å². The molecular weight excluding hydrogens is 415 g/mol. The van der Waals surface area contributed by atoms with E-state index in [2.05, 4.69) is 20.3 Å². The zero-order valence-electron chi connectivity index (χ0n) is 14.6. The summed E-state index contributed by atoms with van der Waals surface area (Å²) in [5.41, 5.74) is 1.55. The van der Waals surface area contributed by atoms with Gasteiger partial charge < -0.3 is 10.4 Å². The SMILES string of the molecule is CN=C1C=Cc2cc(=Cc3sc(Nc4c(Cl)cccc4Cl)nc3O)ccc2=N1. The van der Waals surface area contributed by atoms with Gasteiger partial charge in [-0.05, 0) is 47.7 Å². The van der Waals surface area contributed by atoms with Gasteiger partial charge in [0.1, 0.15) is 5.84 Å². The van der Waals surface area contributed by atoms with Crippen LogP contribution in [0.3, 0.4) is 0 Å². The summed E-state index contributed by atoms with van der Waals surface area (Å²) in [7, 11) is 1.71. The summed E-state index contributed by atoms with van der Waals surface area (Å²) in [6.07, 6.45) is 5.70. The third-order valence-corrected chi connectivity index (χ3v) is 5.59. The van der Waals surface area contributed by atoms with Gasteiger partial charge in [-0.2, -0.15) is 4.98 Å². The van der Waals surface area contributed by atoms with Gasteiger partial charge >= 0.3 is 0 Å². The van der Waals surface area contributed by atoms with Crippen LogP contribution in [0.25, 0.3) is 12.2 Å². The summed E-state index contributed by atoms with van der Waals surface area (Å²) >= 11 is 13.7. The molecule has 0 atom stereocenters. The van der Waals surface area contributed by atoms with Crippen molar-refractivity contribution in [3.8, 4) is 5.88 Å². The molecule has 0 spiro atoms. The molecule has 4 rings (SSSR count). The fourth-order valence-corrected chi connectivity index (χ4v) is 4.01. The lowest BCUT2D eigenvalue weighted by Gasteiger charge is -2.06. The van der Waals surface area contributed by atoms with Crippen LogP contribution < -0.4 is 15.9 Å². The number of amidine groups is 1. The highest BCUT2D eigenvalue weighted by atomic mass is 35.5. The van der Waals surface area contributed by atoms with Gasteiger partial charge in [0.15, 0.2) is 5.13 Å². The average Bonchev–Trinajstić information content (AvgIpc) is 3.03. The standard InChI is InChI=1S/C20H14Cl2N4OS/c1-23-17-8-6-12-9-11(5-7-15(12)24-17)10-16-19(27)26-20(28-16)25-18-13(21)3-2-4-14(18)22/h2-10,27H,1H3,(H,25,26). The maximum atomic E-state index is 10.2. The second-order valence-electron chi connectivity index (χ2n) is 5.92. The normalized spacial score (nSPS) is 14.8. The smallest absolute Gasteiger partial charge is 0.231 e. The number of fused-ring (bicyclic) bond motifs is 1. The number of benzene rings is 2. The quantitative estimate of drug-likeness (QED) is 0.649. The molecule has 0 saturated carbocycles. The first-order valence-corrected chi connectivity index (χ1v) is 9.87. The molecule has 2 aromatic carbocycles. The zero-order valence-corrected chi connectivity index (χ0v) is 17.0. The van der Waals surface area contributed by atoms with Crippen LogP contribution in [0, 0.1) is 0 Å². The summed E-state index contributed by atoms with van der Waals surface area (Å²) in [5, 5.41) is 16.5. The van der Waals surface area contributed by atoms with Crippen LogP contribution in [0.5, 0.6) is 5.88 Å². The van der Waals surface area contributed by atoms with Crippen LogP contribution in [0.15, 0.2) is 52.5 Å². The van der Waals surface area contributed by atoms with E-state index in [1.165, 1.54) is 11.3 Å². The number of halogens is 2. The predicted molar refractivity (Wildman–Crippen MR) is 117 cm³/mol. The number of para-hydroxylation sites is 1. The van der Waals surface area contributed by atoms with E-state index in [1.807, 2.05) is 36.4 Å². The Balaban J connectivity index is 1.68. The molecule has 0 amide bonds. The van der Waals surface area contributed by atoms with Crippen LogP contribution in [0.2, 0.25) is 10.0 Å². The van der Waals surface area contributed by atoms with Crippen molar-refractivity contribution in [1.29, 1.82) is 0 Å². The number of thiazole rings is 1. The predicted octanol–water partition coefficient (Wildman–Crippen LogP) is 4.40. The van der Waals surface area contributed by atoms with E-state index in [0.717, 1.165) is 16.1 Å². The molecule has 0 fully saturated rings. The van der Waals surface area contributed by atoms with E-state index in [4.69, 9.17) is 23.2 Å². The van der Waals surface area contributed by atoms with Gasteiger partial charge in [-0.3, -0.25) is 4.99 Å². The number of aliphatic imine (C=N–C) groups is 1. The van der Waals surface area contributed by atoms with Gasteiger partial charge in [0.25, 0.3) is 0 Å². The van der Waals surface area contributed by atoms with Crippen molar-refractivity contribution in [2.75, 3.05) is 12.4 Å². The van der Waals surface area contributed by atoms with E-state index in [9.17, 15) is 5.11 Å². The number of hydrogen-bond donors (Lipinski definition) is 2. The van der Waals surface area contributed by atoms with E-state index < -0.39 is 0 Å². The molecule has 1 aliphatic rings. The largest absolute Gasteiger partial charge is 0.492 e. The number of anilines is 2. The van der Waals surface area contributed by atoms with Crippen LogP contribution in [-0.4, -0.2) is 23.0 Å². The molecule has 0 saturated heterocycles. The van der Waals surface area contributed by atoms with Crippen LogP contribution in [0.1, 0.15) is 10.4 Å². The van der Waals surface area contributed by atoms with Crippen molar-refractivity contribution in [2.24, 2.45) is 9.98 Å². The molecule has 0 bridgehead atoms. The molecule has 140 valence electrons.